The zero-order valence-corrected chi connectivity index (χ0v) is 16.8. The first-order valence-electron chi connectivity index (χ1n) is 10.1. The van der Waals surface area contributed by atoms with Crippen molar-refractivity contribution in [1.82, 2.24) is 0 Å². The SMILES string of the molecule is CO[C@H]1O[C@@H]2COC(c3ccccc3)O[C@H]2[C@H](O[C@@H]2O[C@H](CO)[C@@H](O)[C@H](O)[C@H]2O)[C@H]1O. The Kier molecular flexibility index (Phi) is 7.20. The van der Waals surface area contributed by atoms with E-state index in [1.54, 1.807) is 0 Å². The highest BCUT2D eigenvalue weighted by atomic mass is 16.8. The molecule has 3 fully saturated rings. The Labute approximate surface area is 178 Å². The minimum atomic E-state index is -1.63. The minimum absolute atomic E-state index is 0.130. The van der Waals surface area contributed by atoms with Crippen LogP contribution in [0.1, 0.15) is 11.9 Å². The predicted octanol–water partition coefficient (Wildman–Crippen LogP) is -1.98. The summed E-state index contributed by atoms with van der Waals surface area (Å²) in [5, 5.41) is 50.6. The standard InChI is InChI=1S/C20H28O11/c1-26-19-15(25)17(31-20-14(24)13(23)12(22)10(7-21)28-20)16-11(29-19)8-27-18(30-16)9-5-3-2-4-6-9/h2-6,10-25H,7-8H2,1H3/t10-,11-,12-,13+,14-,15-,16-,17-,18?,19+,20+/m1/s1. The molecule has 0 radical (unpaired) electrons. The molecule has 31 heavy (non-hydrogen) atoms. The first kappa shape index (κ1) is 23.0. The lowest BCUT2D eigenvalue weighted by Crippen LogP contribution is -2.66. The van der Waals surface area contributed by atoms with Gasteiger partial charge in [0.05, 0.1) is 13.2 Å². The van der Waals surface area contributed by atoms with Gasteiger partial charge in [-0.05, 0) is 0 Å². The monoisotopic (exact) mass is 444 g/mol. The van der Waals surface area contributed by atoms with Crippen molar-refractivity contribution in [2.24, 2.45) is 0 Å². The molecule has 5 N–H and O–H groups in total. The fourth-order valence-corrected chi connectivity index (χ4v) is 4.03. The van der Waals surface area contributed by atoms with Crippen LogP contribution in [0.15, 0.2) is 30.3 Å². The summed E-state index contributed by atoms with van der Waals surface area (Å²) in [5.41, 5.74) is 0.760. The fraction of sp³-hybridized carbons (Fsp3) is 0.700. The van der Waals surface area contributed by atoms with Gasteiger partial charge < -0.3 is 54.0 Å². The molecule has 0 aromatic heterocycles. The number of methoxy groups -OCH3 is 1. The number of aliphatic hydroxyl groups excluding tert-OH is 5. The van der Waals surface area contributed by atoms with Crippen molar-refractivity contribution < 1.29 is 54.0 Å². The molecule has 1 aromatic rings. The Bertz CT molecular complexity index is 704. The van der Waals surface area contributed by atoms with Crippen molar-refractivity contribution >= 4 is 0 Å². The first-order valence-corrected chi connectivity index (χ1v) is 10.1. The van der Waals surface area contributed by atoms with E-state index in [1.165, 1.54) is 7.11 Å². The summed E-state index contributed by atoms with van der Waals surface area (Å²) < 4.78 is 34.0. The van der Waals surface area contributed by atoms with E-state index in [-0.39, 0.29) is 6.61 Å². The van der Waals surface area contributed by atoms with Crippen molar-refractivity contribution in [3.8, 4) is 0 Å². The van der Waals surface area contributed by atoms with E-state index >= 15 is 0 Å². The van der Waals surface area contributed by atoms with E-state index in [4.69, 9.17) is 28.4 Å². The molecule has 0 saturated carbocycles. The third kappa shape index (κ3) is 4.49. The molecule has 11 nitrogen and oxygen atoms in total. The highest BCUT2D eigenvalue weighted by Gasteiger charge is 2.53. The van der Waals surface area contributed by atoms with Crippen LogP contribution in [0.2, 0.25) is 0 Å². The second kappa shape index (κ2) is 9.73. The average molecular weight is 444 g/mol. The summed E-state index contributed by atoms with van der Waals surface area (Å²) in [5.74, 6) is 0. The van der Waals surface area contributed by atoms with Gasteiger partial charge in [-0.15, -0.1) is 0 Å². The van der Waals surface area contributed by atoms with Crippen molar-refractivity contribution in [1.29, 1.82) is 0 Å². The molecule has 0 amide bonds. The Morgan fingerprint density at radius 3 is 2.32 bits per heavy atom. The zero-order chi connectivity index (χ0) is 22.1. The average Bonchev–Trinajstić information content (AvgIpc) is 2.80. The maximum Gasteiger partial charge on any atom is 0.187 e. The van der Waals surface area contributed by atoms with Crippen LogP contribution < -0.4 is 0 Å². The van der Waals surface area contributed by atoms with E-state index < -0.39 is 74.3 Å². The van der Waals surface area contributed by atoms with Gasteiger partial charge in [0.2, 0.25) is 0 Å². The van der Waals surface area contributed by atoms with Crippen LogP contribution in [0.5, 0.6) is 0 Å². The van der Waals surface area contributed by atoms with Crippen LogP contribution in [0.4, 0.5) is 0 Å². The Morgan fingerprint density at radius 1 is 0.903 bits per heavy atom. The lowest BCUT2D eigenvalue weighted by Gasteiger charge is -2.49. The van der Waals surface area contributed by atoms with Crippen molar-refractivity contribution in [2.75, 3.05) is 20.3 Å². The van der Waals surface area contributed by atoms with Gasteiger partial charge in [0, 0.05) is 12.7 Å². The number of ether oxygens (including phenoxy) is 6. The molecule has 0 spiro atoms. The van der Waals surface area contributed by atoms with E-state index in [0.717, 1.165) is 5.56 Å². The van der Waals surface area contributed by atoms with Gasteiger partial charge in [-0.3, -0.25) is 0 Å². The van der Waals surface area contributed by atoms with Crippen molar-refractivity contribution in [3.05, 3.63) is 35.9 Å². The predicted molar refractivity (Wildman–Crippen MR) is 100 cm³/mol. The number of aliphatic hydroxyl groups is 5. The Morgan fingerprint density at radius 2 is 1.65 bits per heavy atom. The molecule has 11 heteroatoms. The second-order valence-electron chi connectivity index (χ2n) is 7.74. The highest BCUT2D eigenvalue weighted by molar-refractivity contribution is 5.16. The van der Waals surface area contributed by atoms with Gasteiger partial charge in [-0.1, -0.05) is 30.3 Å². The molecule has 174 valence electrons. The second-order valence-corrected chi connectivity index (χ2v) is 7.74. The summed E-state index contributed by atoms with van der Waals surface area (Å²) >= 11 is 0. The first-order chi connectivity index (χ1) is 14.9. The highest BCUT2D eigenvalue weighted by Crippen LogP contribution is 2.37. The molecule has 0 bridgehead atoms. The van der Waals surface area contributed by atoms with Gasteiger partial charge in [0.15, 0.2) is 18.9 Å². The van der Waals surface area contributed by atoms with Gasteiger partial charge in [-0.25, -0.2) is 0 Å². The molecule has 3 saturated heterocycles. The summed E-state index contributed by atoms with van der Waals surface area (Å²) in [7, 11) is 1.36. The van der Waals surface area contributed by atoms with Gasteiger partial charge >= 0.3 is 0 Å². The minimum Gasteiger partial charge on any atom is -0.394 e. The number of hydrogen-bond acceptors (Lipinski definition) is 11. The van der Waals surface area contributed by atoms with Crippen molar-refractivity contribution in [2.45, 2.75) is 67.7 Å². The molecule has 3 heterocycles. The number of hydrogen-bond donors (Lipinski definition) is 5. The number of fused-ring (bicyclic) bond motifs is 1. The third-order valence-electron chi connectivity index (χ3n) is 5.75. The molecule has 4 rings (SSSR count). The van der Waals surface area contributed by atoms with Gasteiger partial charge in [-0.2, -0.15) is 0 Å². The number of benzene rings is 1. The lowest BCUT2D eigenvalue weighted by atomic mass is 9.96. The summed E-state index contributed by atoms with van der Waals surface area (Å²) in [4.78, 5) is 0. The molecule has 0 aliphatic carbocycles. The fourth-order valence-electron chi connectivity index (χ4n) is 4.03. The lowest BCUT2D eigenvalue weighted by molar-refractivity contribution is -0.390. The van der Waals surface area contributed by atoms with Crippen LogP contribution in [-0.4, -0.2) is 107 Å². The number of rotatable bonds is 5. The largest absolute Gasteiger partial charge is 0.394 e. The van der Waals surface area contributed by atoms with Gasteiger partial charge in [0.25, 0.3) is 0 Å². The molecule has 1 aromatic carbocycles. The maximum atomic E-state index is 10.8. The smallest absolute Gasteiger partial charge is 0.187 e. The van der Waals surface area contributed by atoms with Crippen molar-refractivity contribution in [3.63, 3.8) is 0 Å². The molecule has 11 atom stereocenters. The van der Waals surface area contributed by atoms with Crippen LogP contribution in [0, 0.1) is 0 Å². The van der Waals surface area contributed by atoms with E-state index in [0.29, 0.717) is 0 Å². The molecule has 3 aliphatic heterocycles. The van der Waals surface area contributed by atoms with E-state index in [1.807, 2.05) is 30.3 Å². The summed E-state index contributed by atoms with van der Waals surface area (Å²) in [6.45, 7) is -0.473. The van der Waals surface area contributed by atoms with Crippen LogP contribution in [0.25, 0.3) is 0 Å². The third-order valence-corrected chi connectivity index (χ3v) is 5.75. The summed E-state index contributed by atoms with van der Waals surface area (Å²) in [6, 6.07) is 9.19. The zero-order valence-electron chi connectivity index (χ0n) is 16.8. The molecular weight excluding hydrogens is 416 g/mol. The topological polar surface area (TPSA) is 157 Å². The van der Waals surface area contributed by atoms with E-state index in [9.17, 15) is 25.5 Å². The Hall–Kier alpha value is -1.22. The van der Waals surface area contributed by atoms with E-state index in [2.05, 4.69) is 0 Å². The molecule has 1 unspecified atom stereocenters. The maximum absolute atomic E-state index is 10.8. The molecular formula is C20H28O11. The Balaban J connectivity index is 1.55. The van der Waals surface area contributed by atoms with Crippen LogP contribution >= 0.6 is 0 Å². The summed E-state index contributed by atoms with van der Waals surface area (Å²) in [6.07, 6.45) is -13.1. The van der Waals surface area contributed by atoms with Crippen LogP contribution in [-0.2, 0) is 28.4 Å². The normalized spacial score (nSPS) is 45.8. The van der Waals surface area contributed by atoms with Gasteiger partial charge in [0.1, 0.15) is 48.8 Å². The van der Waals surface area contributed by atoms with Crippen LogP contribution in [0.3, 0.4) is 0 Å². The quantitative estimate of drug-likeness (QED) is 0.343. The molecule has 3 aliphatic rings.